The van der Waals surface area contributed by atoms with Gasteiger partial charge in [-0.15, -0.1) is 0 Å². The number of carbonyl (C=O) groups is 2. The van der Waals surface area contributed by atoms with Crippen molar-refractivity contribution in [1.82, 2.24) is 4.98 Å². The molecule has 0 aliphatic carbocycles. The van der Waals surface area contributed by atoms with Gasteiger partial charge in [0.25, 0.3) is 0 Å². The molecule has 28 heavy (non-hydrogen) atoms. The molecule has 0 atom stereocenters. The molecule has 0 saturated carbocycles. The second-order valence-corrected chi connectivity index (χ2v) is 6.31. The highest BCUT2D eigenvalue weighted by atomic mass is 16.5. The van der Waals surface area contributed by atoms with Crippen LogP contribution in [-0.2, 0) is 20.9 Å². The molecule has 144 valence electrons. The highest BCUT2D eigenvalue weighted by molar-refractivity contribution is 5.94. The second-order valence-electron chi connectivity index (χ2n) is 6.31. The van der Waals surface area contributed by atoms with E-state index in [9.17, 15) is 9.59 Å². The molecule has 0 aliphatic rings. The minimum absolute atomic E-state index is 0.0590. The lowest BCUT2D eigenvalue weighted by atomic mass is 10.2. The minimum atomic E-state index is -0.401. The molecule has 3 rings (SSSR count). The summed E-state index contributed by atoms with van der Waals surface area (Å²) in [6.07, 6.45) is 0.152. The Morgan fingerprint density at radius 2 is 1.82 bits per heavy atom. The van der Waals surface area contributed by atoms with Crippen molar-refractivity contribution in [2.45, 2.75) is 19.4 Å². The fourth-order valence-corrected chi connectivity index (χ4v) is 2.75. The third-order valence-corrected chi connectivity index (χ3v) is 4.39. The van der Waals surface area contributed by atoms with Crippen LogP contribution in [0.4, 0.5) is 5.69 Å². The number of amides is 1. The molecule has 0 saturated heterocycles. The Balaban J connectivity index is 1.63. The number of nitrogens with zero attached hydrogens (tertiary/aromatic N) is 2. The number of rotatable bonds is 7. The number of ether oxygens (including phenoxy) is 2. The number of hydrogen-bond donors (Lipinski definition) is 0. The molecule has 0 bridgehead atoms. The Labute approximate surface area is 163 Å². The second kappa shape index (κ2) is 8.99. The van der Waals surface area contributed by atoms with E-state index in [0.29, 0.717) is 18.0 Å². The first kappa shape index (κ1) is 19.4. The fourth-order valence-electron chi connectivity index (χ4n) is 2.75. The molecule has 0 N–H and O–H groups in total. The average Bonchev–Trinajstić information content (AvgIpc) is 2.75. The Hall–Kier alpha value is -3.41. The number of benzene rings is 2. The molecule has 0 unspecified atom stereocenters. The van der Waals surface area contributed by atoms with E-state index in [2.05, 4.69) is 9.72 Å². The average molecular weight is 378 g/mol. The van der Waals surface area contributed by atoms with Crippen LogP contribution in [-0.4, -0.2) is 31.0 Å². The van der Waals surface area contributed by atoms with Gasteiger partial charge >= 0.3 is 5.97 Å². The summed E-state index contributed by atoms with van der Waals surface area (Å²) in [4.78, 5) is 29.6. The van der Waals surface area contributed by atoms with Gasteiger partial charge < -0.3 is 14.4 Å². The summed E-state index contributed by atoms with van der Waals surface area (Å²) in [5.41, 5.74) is 2.44. The molecule has 1 amide bonds. The van der Waals surface area contributed by atoms with Gasteiger partial charge in [-0.3, -0.25) is 9.59 Å². The Morgan fingerprint density at radius 3 is 2.64 bits per heavy atom. The van der Waals surface area contributed by atoms with Gasteiger partial charge in [-0.25, -0.2) is 4.98 Å². The standard InChI is InChI=1S/C22H22N2O4/c1-24(21(25)12-13-22(26)27-2)18-7-5-8-19(14-18)28-15-17-11-10-16-6-3-4-9-20(16)23-17/h3-11,14H,12-13,15H2,1-2H3. The first-order valence-corrected chi connectivity index (χ1v) is 8.98. The first-order chi connectivity index (χ1) is 13.6. The first-order valence-electron chi connectivity index (χ1n) is 8.98. The van der Waals surface area contributed by atoms with Gasteiger partial charge in [-0.05, 0) is 24.3 Å². The van der Waals surface area contributed by atoms with E-state index in [1.54, 1.807) is 13.1 Å². The van der Waals surface area contributed by atoms with Crippen LogP contribution in [0.25, 0.3) is 10.9 Å². The van der Waals surface area contributed by atoms with Crippen LogP contribution in [0, 0.1) is 0 Å². The Kier molecular flexibility index (Phi) is 6.22. The minimum Gasteiger partial charge on any atom is -0.487 e. The van der Waals surface area contributed by atoms with Crippen LogP contribution >= 0.6 is 0 Å². The monoisotopic (exact) mass is 378 g/mol. The molecule has 2 aromatic carbocycles. The van der Waals surface area contributed by atoms with Gasteiger partial charge in [0.2, 0.25) is 5.91 Å². The SMILES string of the molecule is COC(=O)CCC(=O)N(C)c1cccc(OCc2ccc3ccccc3n2)c1. The van der Waals surface area contributed by atoms with Crippen molar-refractivity contribution in [2.75, 3.05) is 19.1 Å². The third kappa shape index (κ3) is 4.85. The lowest BCUT2D eigenvalue weighted by Crippen LogP contribution is -2.26. The van der Waals surface area contributed by atoms with Crippen LogP contribution < -0.4 is 9.64 Å². The molecule has 1 aromatic heterocycles. The number of para-hydroxylation sites is 1. The molecular weight excluding hydrogens is 356 g/mol. The summed E-state index contributed by atoms with van der Waals surface area (Å²) >= 11 is 0. The van der Waals surface area contributed by atoms with Crippen molar-refractivity contribution in [3.63, 3.8) is 0 Å². The summed E-state index contributed by atoms with van der Waals surface area (Å²) in [6.45, 7) is 0.328. The van der Waals surface area contributed by atoms with Gasteiger partial charge in [0.15, 0.2) is 0 Å². The molecule has 3 aromatic rings. The van der Waals surface area contributed by atoms with Crippen LogP contribution in [0.15, 0.2) is 60.7 Å². The fraction of sp³-hybridized carbons (Fsp3) is 0.227. The maximum absolute atomic E-state index is 12.2. The van der Waals surface area contributed by atoms with Crippen LogP contribution in [0.1, 0.15) is 18.5 Å². The maximum atomic E-state index is 12.2. The summed E-state index contributed by atoms with van der Waals surface area (Å²) in [6, 6.07) is 19.1. The predicted octanol–water partition coefficient (Wildman–Crippen LogP) is 3.73. The zero-order valence-corrected chi connectivity index (χ0v) is 15.9. The van der Waals surface area contributed by atoms with E-state index in [1.807, 2.05) is 54.6 Å². The number of fused-ring (bicyclic) bond motifs is 1. The predicted molar refractivity (Wildman–Crippen MR) is 107 cm³/mol. The van der Waals surface area contributed by atoms with Crippen molar-refractivity contribution in [3.8, 4) is 5.75 Å². The zero-order chi connectivity index (χ0) is 19.9. The number of hydrogen-bond acceptors (Lipinski definition) is 5. The summed E-state index contributed by atoms with van der Waals surface area (Å²) in [5.74, 6) is 0.0699. The normalized spacial score (nSPS) is 10.5. The number of aromatic nitrogens is 1. The van der Waals surface area contributed by atoms with Gasteiger partial charge in [0, 0.05) is 30.6 Å². The lowest BCUT2D eigenvalue weighted by molar-refractivity contribution is -0.141. The lowest BCUT2D eigenvalue weighted by Gasteiger charge is -2.18. The quantitative estimate of drug-likeness (QED) is 0.586. The van der Waals surface area contributed by atoms with Gasteiger partial charge in [0.1, 0.15) is 12.4 Å². The van der Waals surface area contributed by atoms with Gasteiger partial charge in [0.05, 0.1) is 24.7 Å². The van der Waals surface area contributed by atoms with Crippen molar-refractivity contribution >= 4 is 28.5 Å². The van der Waals surface area contributed by atoms with E-state index in [-0.39, 0.29) is 18.7 Å². The van der Waals surface area contributed by atoms with E-state index >= 15 is 0 Å². The van der Waals surface area contributed by atoms with Crippen molar-refractivity contribution in [1.29, 1.82) is 0 Å². The molecule has 1 heterocycles. The molecule has 0 radical (unpaired) electrons. The molecule has 0 aliphatic heterocycles. The molecule has 6 heteroatoms. The van der Waals surface area contributed by atoms with Crippen molar-refractivity contribution in [3.05, 3.63) is 66.4 Å². The Bertz CT molecular complexity index is 987. The number of pyridine rings is 1. The third-order valence-electron chi connectivity index (χ3n) is 4.39. The zero-order valence-electron chi connectivity index (χ0n) is 15.9. The smallest absolute Gasteiger partial charge is 0.306 e. The number of carbonyl (C=O) groups excluding carboxylic acids is 2. The van der Waals surface area contributed by atoms with Crippen LogP contribution in [0.3, 0.4) is 0 Å². The highest BCUT2D eigenvalue weighted by Crippen LogP contribution is 2.22. The van der Waals surface area contributed by atoms with Crippen LogP contribution in [0.2, 0.25) is 0 Å². The van der Waals surface area contributed by atoms with Gasteiger partial charge in [-0.1, -0.05) is 30.3 Å². The van der Waals surface area contributed by atoms with Crippen molar-refractivity contribution < 1.29 is 19.1 Å². The van der Waals surface area contributed by atoms with E-state index < -0.39 is 5.97 Å². The molecule has 0 fully saturated rings. The number of esters is 1. The molecular formula is C22H22N2O4. The van der Waals surface area contributed by atoms with E-state index in [4.69, 9.17) is 4.74 Å². The summed E-state index contributed by atoms with van der Waals surface area (Å²) < 4.78 is 10.4. The molecule has 6 nitrogen and oxygen atoms in total. The largest absolute Gasteiger partial charge is 0.487 e. The number of anilines is 1. The van der Waals surface area contributed by atoms with Crippen LogP contribution in [0.5, 0.6) is 5.75 Å². The Morgan fingerprint density at radius 1 is 1.00 bits per heavy atom. The summed E-state index contributed by atoms with van der Waals surface area (Å²) in [5, 5.41) is 1.08. The van der Waals surface area contributed by atoms with Crippen molar-refractivity contribution in [2.24, 2.45) is 0 Å². The van der Waals surface area contributed by atoms with Gasteiger partial charge in [-0.2, -0.15) is 0 Å². The highest BCUT2D eigenvalue weighted by Gasteiger charge is 2.14. The summed E-state index contributed by atoms with van der Waals surface area (Å²) in [7, 11) is 2.98. The maximum Gasteiger partial charge on any atom is 0.306 e. The number of methoxy groups -OCH3 is 1. The van der Waals surface area contributed by atoms with E-state index in [1.165, 1.54) is 12.0 Å². The topological polar surface area (TPSA) is 68.7 Å². The van der Waals surface area contributed by atoms with E-state index in [0.717, 1.165) is 16.6 Å². The molecule has 0 spiro atoms.